The number of aromatic nitrogens is 4. The van der Waals surface area contributed by atoms with Gasteiger partial charge in [-0.15, -0.1) is 0 Å². The highest BCUT2D eigenvalue weighted by molar-refractivity contribution is 6.30. The number of hydrogen-bond donors (Lipinski definition) is 0. The van der Waals surface area contributed by atoms with E-state index in [-0.39, 0.29) is 24.2 Å². The van der Waals surface area contributed by atoms with Crippen LogP contribution in [0.2, 0.25) is 5.02 Å². The van der Waals surface area contributed by atoms with Crippen molar-refractivity contribution in [2.75, 3.05) is 37.7 Å². The first-order valence-corrected chi connectivity index (χ1v) is 14.2. The van der Waals surface area contributed by atoms with E-state index in [9.17, 15) is 9.18 Å². The molecule has 0 aliphatic carbocycles. The molecule has 1 amide bonds. The van der Waals surface area contributed by atoms with E-state index in [0.717, 1.165) is 54.2 Å². The molecular weight excluding hydrogens is 531 g/mol. The fourth-order valence-electron chi connectivity index (χ4n) is 5.10. The number of amides is 1. The number of anilines is 1. The lowest BCUT2D eigenvalue weighted by Gasteiger charge is -2.24. The summed E-state index contributed by atoms with van der Waals surface area (Å²) in [7, 11) is 0. The molecule has 0 bridgehead atoms. The van der Waals surface area contributed by atoms with Crippen LogP contribution in [0.1, 0.15) is 50.5 Å². The maximum absolute atomic E-state index is 13.7. The first kappa shape index (κ1) is 27.8. The van der Waals surface area contributed by atoms with Crippen LogP contribution in [0.25, 0.3) is 16.7 Å². The van der Waals surface area contributed by atoms with E-state index >= 15 is 0 Å². The van der Waals surface area contributed by atoms with Gasteiger partial charge in [0.15, 0.2) is 12.3 Å². The predicted molar refractivity (Wildman–Crippen MR) is 155 cm³/mol. The number of hydrogen-bond acceptors (Lipinski definition) is 6. The Hall–Kier alpha value is -3.72. The smallest absolute Gasteiger partial charge is 0.260 e. The number of carbonyl (C=O) groups is 1. The largest absolute Gasteiger partial charge is 0.484 e. The molecule has 210 valence electrons. The molecule has 1 fully saturated rings. The Bertz CT molecular complexity index is 1470. The summed E-state index contributed by atoms with van der Waals surface area (Å²) in [4.78, 5) is 27.1. The van der Waals surface area contributed by atoms with Gasteiger partial charge in [-0.2, -0.15) is 5.10 Å². The van der Waals surface area contributed by atoms with Crippen LogP contribution in [0, 0.1) is 12.7 Å². The Kier molecular flexibility index (Phi) is 8.49. The minimum Gasteiger partial charge on any atom is -0.484 e. The Labute approximate surface area is 238 Å². The molecule has 0 unspecified atom stereocenters. The van der Waals surface area contributed by atoms with Gasteiger partial charge in [0.1, 0.15) is 23.2 Å². The topological polar surface area (TPSA) is 76.4 Å². The highest BCUT2D eigenvalue weighted by atomic mass is 35.5. The van der Waals surface area contributed by atoms with Gasteiger partial charge >= 0.3 is 0 Å². The summed E-state index contributed by atoms with van der Waals surface area (Å²) in [5.74, 6) is 2.02. The molecule has 0 N–H and O–H groups in total. The average Bonchev–Trinajstić information content (AvgIpc) is 3.11. The van der Waals surface area contributed by atoms with Crippen LogP contribution < -0.4 is 9.64 Å². The Morgan fingerprint density at radius 3 is 2.52 bits per heavy atom. The van der Waals surface area contributed by atoms with Crippen molar-refractivity contribution in [3.8, 4) is 11.4 Å². The molecule has 0 spiro atoms. The minimum atomic E-state index is -0.299. The van der Waals surface area contributed by atoms with Crippen molar-refractivity contribution in [1.82, 2.24) is 24.6 Å². The van der Waals surface area contributed by atoms with Crippen molar-refractivity contribution in [3.05, 3.63) is 70.9 Å². The third-order valence-electron chi connectivity index (χ3n) is 7.26. The van der Waals surface area contributed by atoms with Crippen LogP contribution in [0.15, 0.2) is 48.5 Å². The van der Waals surface area contributed by atoms with Crippen molar-refractivity contribution in [2.24, 2.45) is 0 Å². The van der Waals surface area contributed by atoms with E-state index in [2.05, 4.69) is 18.7 Å². The van der Waals surface area contributed by atoms with E-state index in [1.165, 1.54) is 12.1 Å². The second-order valence-electron chi connectivity index (χ2n) is 10.2. The van der Waals surface area contributed by atoms with Crippen LogP contribution in [-0.2, 0) is 4.79 Å². The quantitative estimate of drug-likeness (QED) is 0.264. The minimum absolute atomic E-state index is 0.0262. The third-order valence-corrected chi connectivity index (χ3v) is 7.51. The van der Waals surface area contributed by atoms with Crippen LogP contribution in [0.4, 0.5) is 10.2 Å². The number of fused-ring (bicyclic) bond motifs is 1. The van der Waals surface area contributed by atoms with Crippen molar-refractivity contribution in [1.29, 1.82) is 0 Å². The van der Waals surface area contributed by atoms with Gasteiger partial charge in [-0.3, -0.25) is 4.79 Å². The third kappa shape index (κ3) is 6.04. The van der Waals surface area contributed by atoms with Gasteiger partial charge in [0.2, 0.25) is 0 Å². The Morgan fingerprint density at radius 2 is 1.80 bits per heavy atom. The summed E-state index contributed by atoms with van der Waals surface area (Å²) < 4.78 is 21.1. The SMILES string of the molecule is CCC[C@H](C)c1nc(N2CCCN(C(=O)COc3ccc(Cl)cc3)CC2)c2c(C)nn(-c3ccc(F)cc3)c2n1. The number of carbonyl (C=O) groups excluding carboxylic acids is 1. The molecule has 1 aliphatic rings. The van der Waals surface area contributed by atoms with Gasteiger partial charge in [-0.1, -0.05) is 31.9 Å². The van der Waals surface area contributed by atoms with E-state index in [4.69, 9.17) is 31.4 Å². The van der Waals surface area contributed by atoms with Gasteiger partial charge in [-0.25, -0.2) is 19.0 Å². The molecular formula is C30H34ClFN6O2. The molecule has 3 heterocycles. The van der Waals surface area contributed by atoms with Gasteiger partial charge in [0, 0.05) is 37.1 Å². The summed E-state index contributed by atoms with van der Waals surface area (Å²) in [5.41, 5.74) is 2.25. The van der Waals surface area contributed by atoms with E-state index in [1.807, 2.05) is 11.8 Å². The zero-order chi connectivity index (χ0) is 28.2. The summed E-state index contributed by atoms with van der Waals surface area (Å²) in [6.45, 7) is 8.79. The Balaban J connectivity index is 1.42. The monoisotopic (exact) mass is 564 g/mol. The molecule has 10 heteroatoms. The normalized spacial score (nSPS) is 14.8. The van der Waals surface area contributed by atoms with Crippen LogP contribution in [0.5, 0.6) is 5.75 Å². The van der Waals surface area contributed by atoms with Crippen LogP contribution >= 0.6 is 11.6 Å². The molecule has 4 aromatic rings. The number of ether oxygens (including phenoxy) is 1. The first-order chi connectivity index (χ1) is 19.3. The number of aryl methyl sites for hydroxylation is 1. The van der Waals surface area contributed by atoms with Crippen molar-refractivity contribution in [3.63, 3.8) is 0 Å². The highest BCUT2D eigenvalue weighted by Gasteiger charge is 2.26. The van der Waals surface area contributed by atoms with Crippen molar-refractivity contribution in [2.45, 2.75) is 46.0 Å². The fourth-order valence-corrected chi connectivity index (χ4v) is 5.22. The predicted octanol–water partition coefficient (Wildman–Crippen LogP) is 5.94. The van der Waals surface area contributed by atoms with Crippen LogP contribution in [-0.4, -0.2) is 63.3 Å². The molecule has 0 radical (unpaired) electrons. The van der Waals surface area contributed by atoms with Crippen molar-refractivity contribution >= 4 is 34.4 Å². The zero-order valence-electron chi connectivity index (χ0n) is 23.1. The number of halogens is 2. The van der Waals surface area contributed by atoms with Gasteiger partial charge in [0.05, 0.1) is 16.8 Å². The molecule has 0 saturated carbocycles. The summed E-state index contributed by atoms with van der Waals surface area (Å²) in [6.07, 6.45) is 2.78. The van der Waals surface area contributed by atoms with Crippen molar-refractivity contribution < 1.29 is 13.9 Å². The first-order valence-electron chi connectivity index (χ1n) is 13.8. The summed E-state index contributed by atoms with van der Waals surface area (Å²) >= 11 is 5.94. The number of rotatable bonds is 8. The standard InChI is InChI=1S/C30H34ClFN6O2/c1-4-6-20(2)28-33-29(27-21(3)35-38(30(27)34-28)24-11-9-23(32)10-12-24)37-16-5-15-36(17-18-37)26(39)19-40-25-13-7-22(31)8-14-25/h7-14,20H,4-6,15-19H2,1-3H3/t20-/m0/s1. The van der Waals surface area contributed by atoms with Gasteiger partial charge in [-0.05, 0) is 68.3 Å². The molecule has 8 nitrogen and oxygen atoms in total. The zero-order valence-corrected chi connectivity index (χ0v) is 23.9. The second kappa shape index (κ2) is 12.2. The second-order valence-corrected chi connectivity index (χ2v) is 10.7. The average molecular weight is 565 g/mol. The Morgan fingerprint density at radius 1 is 1.05 bits per heavy atom. The lowest BCUT2D eigenvalue weighted by molar-refractivity contribution is -0.133. The van der Waals surface area contributed by atoms with Gasteiger partial charge < -0.3 is 14.5 Å². The maximum atomic E-state index is 13.7. The maximum Gasteiger partial charge on any atom is 0.260 e. The lowest BCUT2D eigenvalue weighted by Crippen LogP contribution is -2.38. The number of benzene rings is 2. The molecule has 2 aromatic heterocycles. The molecule has 1 atom stereocenters. The molecule has 40 heavy (non-hydrogen) atoms. The van der Waals surface area contributed by atoms with E-state index in [0.29, 0.717) is 36.1 Å². The summed E-state index contributed by atoms with van der Waals surface area (Å²) in [6, 6.07) is 13.3. The van der Waals surface area contributed by atoms with Crippen LogP contribution in [0.3, 0.4) is 0 Å². The molecule has 5 rings (SSSR count). The van der Waals surface area contributed by atoms with Gasteiger partial charge in [0.25, 0.3) is 5.91 Å². The van der Waals surface area contributed by atoms with E-state index in [1.54, 1.807) is 41.1 Å². The molecule has 2 aromatic carbocycles. The highest BCUT2D eigenvalue weighted by Crippen LogP contribution is 2.32. The molecule has 1 saturated heterocycles. The molecule has 1 aliphatic heterocycles. The number of nitrogens with zero attached hydrogens (tertiary/aromatic N) is 6. The van der Waals surface area contributed by atoms with E-state index < -0.39 is 0 Å². The fraction of sp³-hybridized carbons (Fsp3) is 0.400. The lowest BCUT2D eigenvalue weighted by atomic mass is 10.1. The summed E-state index contributed by atoms with van der Waals surface area (Å²) in [5, 5.41) is 6.29.